The van der Waals surface area contributed by atoms with Crippen molar-refractivity contribution in [1.82, 2.24) is 0 Å². The normalized spacial score (nSPS) is 12.2. The van der Waals surface area contributed by atoms with Crippen LogP contribution in [0.2, 0.25) is 0 Å². The summed E-state index contributed by atoms with van der Waals surface area (Å²) < 4.78 is 6.10. The zero-order valence-corrected chi connectivity index (χ0v) is 13.0. The van der Waals surface area contributed by atoms with Crippen molar-refractivity contribution in [2.24, 2.45) is 0 Å². The summed E-state index contributed by atoms with van der Waals surface area (Å²) in [6.07, 6.45) is -0.858. The molecule has 7 heteroatoms. The van der Waals surface area contributed by atoms with Gasteiger partial charge in [0.1, 0.15) is 6.61 Å². The highest BCUT2D eigenvalue weighted by molar-refractivity contribution is 9.10. The van der Waals surface area contributed by atoms with Crippen molar-refractivity contribution >= 4 is 33.0 Å². The van der Waals surface area contributed by atoms with Crippen LogP contribution in [0.15, 0.2) is 33.4 Å². The van der Waals surface area contributed by atoms with E-state index >= 15 is 0 Å². The van der Waals surface area contributed by atoms with Crippen LogP contribution >= 0.6 is 27.3 Å². The van der Waals surface area contributed by atoms with Gasteiger partial charge in [-0.05, 0) is 35.4 Å². The van der Waals surface area contributed by atoms with E-state index in [1.807, 2.05) is 16.8 Å². The lowest BCUT2D eigenvalue weighted by Crippen LogP contribution is -2.04. The Morgan fingerprint density at radius 2 is 2.30 bits per heavy atom. The van der Waals surface area contributed by atoms with Gasteiger partial charge in [-0.15, -0.1) is 0 Å². The Morgan fingerprint density at radius 3 is 2.85 bits per heavy atom. The smallest absolute Gasteiger partial charge is 0.312 e. The summed E-state index contributed by atoms with van der Waals surface area (Å²) >= 11 is 4.73. The number of halogens is 1. The molecule has 2 rings (SSSR count). The average Bonchev–Trinajstić information content (AvgIpc) is 2.89. The van der Waals surface area contributed by atoms with Crippen LogP contribution in [0.4, 0.5) is 5.69 Å². The third kappa shape index (κ3) is 3.36. The van der Waals surface area contributed by atoms with Gasteiger partial charge in [0.25, 0.3) is 0 Å². The van der Waals surface area contributed by atoms with Gasteiger partial charge in [0, 0.05) is 16.1 Å². The topological polar surface area (TPSA) is 72.6 Å². The lowest BCUT2D eigenvalue weighted by molar-refractivity contribution is -0.386. The molecule has 0 radical (unpaired) electrons. The van der Waals surface area contributed by atoms with Crippen molar-refractivity contribution in [3.05, 3.63) is 54.7 Å². The van der Waals surface area contributed by atoms with Crippen molar-refractivity contribution in [2.75, 3.05) is 0 Å². The quantitative estimate of drug-likeness (QED) is 0.646. The zero-order valence-electron chi connectivity index (χ0n) is 10.6. The van der Waals surface area contributed by atoms with Gasteiger partial charge < -0.3 is 9.84 Å². The number of thiophene rings is 1. The summed E-state index contributed by atoms with van der Waals surface area (Å²) in [4.78, 5) is 10.6. The molecule has 1 N–H and O–H groups in total. The summed E-state index contributed by atoms with van der Waals surface area (Å²) in [5, 5.41) is 24.7. The highest BCUT2D eigenvalue weighted by Gasteiger charge is 2.23. The molecule has 20 heavy (non-hydrogen) atoms. The molecule has 1 atom stereocenters. The molecule has 2 aromatic rings. The summed E-state index contributed by atoms with van der Waals surface area (Å²) in [6, 6.07) is 4.88. The number of ether oxygens (including phenoxy) is 1. The van der Waals surface area contributed by atoms with Gasteiger partial charge in [-0.1, -0.05) is 15.9 Å². The van der Waals surface area contributed by atoms with E-state index in [9.17, 15) is 15.2 Å². The van der Waals surface area contributed by atoms with Gasteiger partial charge in [-0.3, -0.25) is 10.1 Å². The fourth-order valence-electron chi connectivity index (χ4n) is 1.73. The first-order valence-corrected chi connectivity index (χ1v) is 7.52. The molecule has 1 aromatic heterocycles. The van der Waals surface area contributed by atoms with Crippen molar-refractivity contribution < 1.29 is 14.8 Å². The fourth-order valence-corrected chi connectivity index (χ4v) is 2.85. The Labute approximate surface area is 128 Å². The number of nitrogens with zero attached hydrogens (tertiary/aromatic N) is 1. The molecule has 0 fully saturated rings. The Balaban J connectivity index is 2.39. The van der Waals surface area contributed by atoms with Crippen molar-refractivity contribution in [3.8, 4) is 5.75 Å². The maximum atomic E-state index is 11.1. The van der Waals surface area contributed by atoms with Crippen LogP contribution in [0.25, 0.3) is 0 Å². The number of nitro groups is 1. The number of nitro benzene ring substituents is 1. The van der Waals surface area contributed by atoms with E-state index in [1.54, 1.807) is 13.0 Å². The van der Waals surface area contributed by atoms with Crippen molar-refractivity contribution in [3.63, 3.8) is 0 Å². The van der Waals surface area contributed by atoms with Crippen LogP contribution in [0.1, 0.15) is 24.2 Å². The molecule has 0 amide bonds. The van der Waals surface area contributed by atoms with Crippen LogP contribution in [-0.4, -0.2) is 10.0 Å². The van der Waals surface area contributed by atoms with Gasteiger partial charge in [-0.25, -0.2) is 0 Å². The summed E-state index contributed by atoms with van der Waals surface area (Å²) in [7, 11) is 0. The maximum absolute atomic E-state index is 11.1. The van der Waals surface area contributed by atoms with Gasteiger partial charge >= 0.3 is 5.69 Å². The van der Waals surface area contributed by atoms with Gasteiger partial charge in [0.05, 0.1) is 11.0 Å². The predicted molar refractivity (Wildman–Crippen MR) is 80.1 cm³/mol. The number of aliphatic hydroxyl groups excluding tert-OH is 1. The molecule has 106 valence electrons. The lowest BCUT2D eigenvalue weighted by atomic mass is 10.1. The fraction of sp³-hybridized carbons (Fsp3) is 0.231. The van der Waals surface area contributed by atoms with Crippen LogP contribution in [-0.2, 0) is 6.61 Å². The van der Waals surface area contributed by atoms with E-state index < -0.39 is 11.0 Å². The summed E-state index contributed by atoms with van der Waals surface area (Å²) in [6.45, 7) is 1.77. The molecular weight excluding hydrogens is 346 g/mol. The van der Waals surface area contributed by atoms with E-state index in [0.29, 0.717) is 10.0 Å². The van der Waals surface area contributed by atoms with Crippen LogP contribution in [0.3, 0.4) is 0 Å². The molecule has 0 unspecified atom stereocenters. The second-order valence-corrected chi connectivity index (χ2v) is 5.89. The minimum Gasteiger partial charge on any atom is -0.482 e. The molecule has 0 saturated carbocycles. The van der Waals surface area contributed by atoms with Gasteiger partial charge in [0.15, 0.2) is 0 Å². The maximum Gasteiger partial charge on any atom is 0.312 e. The second kappa shape index (κ2) is 6.34. The van der Waals surface area contributed by atoms with Crippen LogP contribution in [0, 0.1) is 10.1 Å². The first kappa shape index (κ1) is 15.0. The summed E-state index contributed by atoms with van der Waals surface area (Å²) in [5.74, 6) is 0.111. The van der Waals surface area contributed by atoms with E-state index in [2.05, 4.69) is 15.9 Å². The average molecular weight is 358 g/mol. The zero-order chi connectivity index (χ0) is 14.7. The molecule has 1 heterocycles. The molecular formula is C13H12BrNO4S. The second-order valence-electron chi connectivity index (χ2n) is 4.20. The number of hydrogen-bond acceptors (Lipinski definition) is 5. The van der Waals surface area contributed by atoms with Gasteiger partial charge in [-0.2, -0.15) is 11.3 Å². The highest BCUT2D eigenvalue weighted by atomic mass is 79.9. The minimum atomic E-state index is -0.858. The Morgan fingerprint density at radius 1 is 1.55 bits per heavy atom. The standard InChI is InChI=1S/C13H12BrNO4S/c1-8(16)11-4-10(14)5-12(15(17)18)13(11)19-6-9-2-3-20-7-9/h2-5,7-8,16H,6H2,1H3/t8-/m0/s1. The molecule has 0 saturated heterocycles. The number of aliphatic hydroxyl groups is 1. The van der Waals surface area contributed by atoms with Gasteiger partial charge in [0.2, 0.25) is 5.75 Å². The van der Waals surface area contributed by atoms with Crippen molar-refractivity contribution in [1.29, 1.82) is 0 Å². The SMILES string of the molecule is C[C@H](O)c1cc(Br)cc([N+](=O)[O-])c1OCc1ccsc1. The van der Waals surface area contributed by atoms with E-state index in [4.69, 9.17) is 4.74 Å². The number of benzene rings is 1. The van der Waals surface area contributed by atoms with Crippen LogP contribution in [0.5, 0.6) is 5.75 Å². The molecule has 0 aliphatic carbocycles. The molecule has 5 nitrogen and oxygen atoms in total. The third-order valence-corrected chi connectivity index (χ3v) is 3.86. The Hall–Kier alpha value is -1.44. The number of rotatable bonds is 5. The molecule has 0 bridgehead atoms. The molecule has 1 aromatic carbocycles. The highest BCUT2D eigenvalue weighted by Crippen LogP contribution is 2.38. The van der Waals surface area contributed by atoms with Crippen molar-refractivity contribution in [2.45, 2.75) is 19.6 Å². The van der Waals surface area contributed by atoms with E-state index in [-0.39, 0.29) is 18.0 Å². The van der Waals surface area contributed by atoms with E-state index in [0.717, 1.165) is 5.56 Å². The lowest BCUT2D eigenvalue weighted by Gasteiger charge is -2.14. The number of hydrogen-bond donors (Lipinski definition) is 1. The third-order valence-electron chi connectivity index (χ3n) is 2.67. The minimum absolute atomic E-state index is 0.111. The molecule has 0 aliphatic rings. The Bertz CT molecular complexity index is 613. The molecule has 0 spiro atoms. The van der Waals surface area contributed by atoms with Crippen LogP contribution < -0.4 is 4.74 Å². The first-order valence-electron chi connectivity index (χ1n) is 5.79. The predicted octanol–water partition coefficient (Wildman–Crippen LogP) is 4.05. The summed E-state index contributed by atoms with van der Waals surface area (Å²) in [5.41, 5.74) is 1.16. The van der Waals surface area contributed by atoms with E-state index in [1.165, 1.54) is 17.4 Å². The molecule has 0 aliphatic heterocycles. The Kier molecular flexibility index (Phi) is 4.74. The largest absolute Gasteiger partial charge is 0.482 e. The first-order chi connectivity index (χ1) is 9.49. The monoisotopic (exact) mass is 357 g/mol.